The predicted octanol–water partition coefficient (Wildman–Crippen LogP) is 7.59. The van der Waals surface area contributed by atoms with Gasteiger partial charge in [0.15, 0.2) is 24.2 Å². The third-order valence-electron chi connectivity index (χ3n) is 9.01. The van der Waals surface area contributed by atoms with E-state index in [9.17, 15) is 9.59 Å². The molecule has 1 atom stereocenters. The Balaban J connectivity index is 1.16. The van der Waals surface area contributed by atoms with Crippen molar-refractivity contribution in [3.8, 4) is 17.4 Å². The van der Waals surface area contributed by atoms with E-state index in [1.807, 2.05) is 67.3 Å². The minimum Gasteiger partial charge on any atom is -0.493 e. The van der Waals surface area contributed by atoms with Crippen LogP contribution in [0.1, 0.15) is 62.3 Å². The zero-order valence-corrected chi connectivity index (χ0v) is 28.4. The SMILES string of the molecule is COc1cc2c(cc1OC(C)C)[C@H](c1ccc(Cl)cc1)N(c1ccc(N(C)C[C@H]3CC[C@H](NC(=O)Oc4cocn4)CC3)cc1)C(=O)C2. The first-order valence-electron chi connectivity index (χ1n) is 16.3. The Labute approximate surface area is 285 Å². The Kier molecular flexibility index (Phi) is 10.1. The van der Waals surface area contributed by atoms with Gasteiger partial charge in [0.2, 0.25) is 5.91 Å². The highest BCUT2D eigenvalue weighted by Crippen LogP contribution is 2.44. The average Bonchev–Trinajstić information content (AvgIpc) is 3.58. The molecular weight excluding hydrogens is 632 g/mol. The molecule has 0 saturated heterocycles. The van der Waals surface area contributed by atoms with E-state index in [0.717, 1.165) is 60.3 Å². The molecular formula is C37H41ClN4O6. The van der Waals surface area contributed by atoms with Crippen molar-refractivity contribution in [1.29, 1.82) is 0 Å². The van der Waals surface area contributed by atoms with Crippen molar-refractivity contribution in [2.75, 3.05) is 30.5 Å². The number of carbonyl (C=O) groups excluding carboxylic acids is 2. The largest absolute Gasteiger partial charge is 0.493 e. The van der Waals surface area contributed by atoms with Crippen LogP contribution in [0.2, 0.25) is 5.02 Å². The molecule has 2 amide bonds. The number of rotatable bonds is 10. The standard InChI is InChI=1S/C37H41ClN4O6/c1-23(2)47-33-19-31-26(17-32(33)45-4)18-35(43)42(36(31)25-7-9-27(38)10-8-25)30-15-13-29(14-16-30)41(3)20-24-5-11-28(12-6-24)40-37(44)48-34-21-46-22-39-34/h7-10,13-17,19,21-24,28,36H,5-6,11-12,18,20H2,1-4H3,(H,40,44)/t24-,28-,36-/m0/s1. The first kappa shape index (κ1) is 33.2. The van der Waals surface area contributed by atoms with Crippen molar-refractivity contribution in [2.24, 2.45) is 5.92 Å². The van der Waals surface area contributed by atoms with E-state index < -0.39 is 6.09 Å². The van der Waals surface area contributed by atoms with Crippen molar-refractivity contribution >= 4 is 35.0 Å². The van der Waals surface area contributed by atoms with E-state index in [0.29, 0.717) is 22.4 Å². The maximum Gasteiger partial charge on any atom is 0.414 e. The third kappa shape index (κ3) is 7.54. The second-order valence-corrected chi connectivity index (χ2v) is 13.2. The van der Waals surface area contributed by atoms with Crippen LogP contribution in [-0.2, 0) is 11.2 Å². The van der Waals surface area contributed by atoms with Crippen LogP contribution in [0.25, 0.3) is 0 Å². The van der Waals surface area contributed by atoms with Gasteiger partial charge in [0.05, 0.1) is 25.7 Å². The van der Waals surface area contributed by atoms with E-state index in [1.165, 1.54) is 12.7 Å². The summed E-state index contributed by atoms with van der Waals surface area (Å²) in [6.07, 6.45) is 5.95. The molecule has 1 aromatic heterocycles. The zero-order valence-electron chi connectivity index (χ0n) is 27.6. The number of ether oxygens (including phenoxy) is 3. The quantitative estimate of drug-likeness (QED) is 0.184. The average molecular weight is 673 g/mol. The summed E-state index contributed by atoms with van der Waals surface area (Å²) in [7, 11) is 3.71. The first-order valence-corrected chi connectivity index (χ1v) is 16.7. The zero-order chi connectivity index (χ0) is 33.8. The Bertz CT molecular complexity index is 1700. The normalized spacial score (nSPS) is 19.1. The number of oxazole rings is 1. The Morgan fingerprint density at radius 1 is 1.06 bits per heavy atom. The number of nitrogens with zero attached hydrogens (tertiary/aromatic N) is 3. The lowest BCUT2D eigenvalue weighted by Gasteiger charge is -2.38. The van der Waals surface area contributed by atoms with Gasteiger partial charge in [-0.25, -0.2) is 4.79 Å². The summed E-state index contributed by atoms with van der Waals surface area (Å²) in [5, 5.41) is 3.57. The van der Waals surface area contributed by atoms with Crippen molar-refractivity contribution < 1.29 is 28.2 Å². The lowest BCUT2D eigenvalue weighted by molar-refractivity contribution is -0.118. The molecule has 2 heterocycles. The van der Waals surface area contributed by atoms with Crippen LogP contribution >= 0.6 is 11.6 Å². The summed E-state index contributed by atoms with van der Waals surface area (Å²) in [6, 6.07) is 19.5. The number of hydrogen-bond acceptors (Lipinski definition) is 8. The fraction of sp³-hybridized carbons (Fsp3) is 0.378. The minimum atomic E-state index is -0.511. The molecule has 1 N–H and O–H groups in total. The van der Waals surface area contributed by atoms with Gasteiger partial charge in [-0.05, 0) is 111 Å². The van der Waals surface area contributed by atoms with Gasteiger partial charge in [-0.1, -0.05) is 23.7 Å². The lowest BCUT2D eigenvalue weighted by Crippen LogP contribution is -2.41. The smallest absolute Gasteiger partial charge is 0.414 e. The van der Waals surface area contributed by atoms with Gasteiger partial charge >= 0.3 is 6.09 Å². The van der Waals surface area contributed by atoms with Crippen LogP contribution in [0.15, 0.2) is 77.7 Å². The molecule has 1 aliphatic carbocycles. The molecule has 11 heteroatoms. The molecule has 0 bridgehead atoms. The monoisotopic (exact) mass is 672 g/mol. The topological polar surface area (TPSA) is 106 Å². The van der Waals surface area contributed by atoms with Crippen LogP contribution in [0.5, 0.6) is 17.4 Å². The molecule has 0 unspecified atom stereocenters. The summed E-state index contributed by atoms with van der Waals surface area (Å²) in [5.41, 5.74) is 4.74. The van der Waals surface area contributed by atoms with Gasteiger partial charge in [-0.2, -0.15) is 4.98 Å². The highest BCUT2D eigenvalue weighted by Gasteiger charge is 2.36. The van der Waals surface area contributed by atoms with Crippen molar-refractivity contribution in [3.05, 3.63) is 95.0 Å². The number of nitrogens with one attached hydrogen (secondary N) is 1. The number of carbonyl (C=O) groups is 2. The number of anilines is 2. The van der Waals surface area contributed by atoms with Crippen LogP contribution in [0.3, 0.4) is 0 Å². The number of hydrogen-bond donors (Lipinski definition) is 1. The number of benzene rings is 3. The molecule has 3 aromatic carbocycles. The summed E-state index contributed by atoms with van der Waals surface area (Å²) in [6.45, 7) is 4.85. The molecule has 0 radical (unpaired) electrons. The Morgan fingerprint density at radius 3 is 2.44 bits per heavy atom. The number of halogens is 1. The molecule has 1 fully saturated rings. The number of aromatic nitrogens is 1. The molecule has 0 spiro atoms. The second kappa shape index (κ2) is 14.6. The maximum atomic E-state index is 13.9. The van der Waals surface area contributed by atoms with Gasteiger partial charge in [0.25, 0.3) is 5.88 Å². The van der Waals surface area contributed by atoms with E-state index in [4.69, 9.17) is 30.2 Å². The molecule has 48 heavy (non-hydrogen) atoms. The van der Waals surface area contributed by atoms with Crippen molar-refractivity contribution in [1.82, 2.24) is 10.3 Å². The van der Waals surface area contributed by atoms with Gasteiger partial charge in [0, 0.05) is 36.0 Å². The Morgan fingerprint density at radius 2 is 1.79 bits per heavy atom. The summed E-state index contributed by atoms with van der Waals surface area (Å²) in [5.74, 6) is 1.90. The fourth-order valence-corrected chi connectivity index (χ4v) is 6.85. The molecule has 1 saturated carbocycles. The Hall–Kier alpha value is -4.70. The van der Waals surface area contributed by atoms with E-state index in [-0.39, 0.29) is 36.4 Å². The summed E-state index contributed by atoms with van der Waals surface area (Å²) in [4.78, 5) is 34.0. The third-order valence-corrected chi connectivity index (χ3v) is 9.27. The van der Waals surface area contributed by atoms with Gasteiger partial charge in [-0.15, -0.1) is 0 Å². The number of fused-ring (bicyclic) bond motifs is 1. The summed E-state index contributed by atoms with van der Waals surface area (Å²) < 4.78 is 21.8. The van der Waals surface area contributed by atoms with Crippen LogP contribution in [0, 0.1) is 5.92 Å². The maximum absolute atomic E-state index is 13.9. The van der Waals surface area contributed by atoms with Crippen molar-refractivity contribution in [3.63, 3.8) is 0 Å². The summed E-state index contributed by atoms with van der Waals surface area (Å²) >= 11 is 6.27. The minimum absolute atomic E-state index is 0.00147. The predicted molar refractivity (Wildman–Crippen MR) is 184 cm³/mol. The van der Waals surface area contributed by atoms with Gasteiger partial charge in [-0.3, -0.25) is 4.79 Å². The highest BCUT2D eigenvalue weighted by molar-refractivity contribution is 6.30. The highest BCUT2D eigenvalue weighted by atomic mass is 35.5. The number of amides is 2. The van der Waals surface area contributed by atoms with Crippen LogP contribution < -0.4 is 29.3 Å². The molecule has 4 aromatic rings. The van der Waals surface area contributed by atoms with E-state index in [2.05, 4.69) is 34.4 Å². The molecule has 2 aliphatic rings. The van der Waals surface area contributed by atoms with E-state index >= 15 is 0 Å². The molecule has 6 rings (SSSR count). The molecule has 10 nitrogen and oxygen atoms in total. The van der Waals surface area contributed by atoms with E-state index in [1.54, 1.807) is 7.11 Å². The van der Waals surface area contributed by atoms with Crippen LogP contribution in [0.4, 0.5) is 16.2 Å². The van der Waals surface area contributed by atoms with Gasteiger partial charge in [0.1, 0.15) is 0 Å². The van der Waals surface area contributed by atoms with Gasteiger partial charge < -0.3 is 33.7 Å². The fourth-order valence-electron chi connectivity index (χ4n) is 6.72. The number of methoxy groups -OCH3 is 1. The van der Waals surface area contributed by atoms with Crippen molar-refractivity contribution in [2.45, 2.75) is 64.1 Å². The molecule has 1 aliphatic heterocycles. The molecule has 252 valence electrons. The van der Waals surface area contributed by atoms with Crippen LogP contribution in [-0.4, -0.2) is 49.8 Å². The second-order valence-electron chi connectivity index (χ2n) is 12.7. The first-order chi connectivity index (χ1) is 23.2. The lowest BCUT2D eigenvalue weighted by atomic mass is 9.85.